The maximum absolute atomic E-state index is 12.2. The van der Waals surface area contributed by atoms with Crippen molar-refractivity contribution >= 4 is 17.8 Å². The van der Waals surface area contributed by atoms with Gasteiger partial charge in [-0.1, -0.05) is 37.3 Å². The molecule has 1 aliphatic rings. The van der Waals surface area contributed by atoms with Crippen molar-refractivity contribution in [1.29, 1.82) is 0 Å². The standard InChI is InChI=1S/C18H24N2O4/c1-3-9-19-16(21)12-24-18(23)15-10-17(22)20(11-15)13(2)14-7-5-4-6-8-14/h4-8,13,15H,3,9-12H2,1-2H3,(H,19,21)/t13-,15+/m0/s1. The van der Waals surface area contributed by atoms with Crippen molar-refractivity contribution in [2.45, 2.75) is 32.7 Å². The van der Waals surface area contributed by atoms with E-state index in [9.17, 15) is 14.4 Å². The minimum atomic E-state index is -0.511. The summed E-state index contributed by atoms with van der Waals surface area (Å²) in [6.45, 7) is 4.47. The van der Waals surface area contributed by atoms with Crippen LogP contribution in [0.5, 0.6) is 0 Å². The van der Waals surface area contributed by atoms with Gasteiger partial charge in [-0.05, 0) is 18.9 Å². The minimum absolute atomic E-state index is 0.0660. The fourth-order valence-corrected chi connectivity index (χ4v) is 2.75. The van der Waals surface area contributed by atoms with Gasteiger partial charge in [0, 0.05) is 19.5 Å². The van der Waals surface area contributed by atoms with Crippen LogP contribution in [0, 0.1) is 5.92 Å². The van der Waals surface area contributed by atoms with Gasteiger partial charge >= 0.3 is 5.97 Å². The Morgan fingerprint density at radius 1 is 1.33 bits per heavy atom. The molecule has 2 amide bonds. The molecule has 1 aromatic rings. The first-order chi connectivity index (χ1) is 11.5. The molecular weight excluding hydrogens is 308 g/mol. The van der Waals surface area contributed by atoms with E-state index in [1.165, 1.54) is 0 Å². The van der Waals surface area contributed by atoms with E-state index in [1.54, 1.807) is 4.90 Å². The Balaban J connectivity index is 1.87. The summed E-state index contributed by atoms with van der Waals surface area (Å²) in [7, 11) is 0. The topological polar surface area (TPSA) is 75.7 Å². The predicted molar refractivity (Wildman–Crippen MR) is 88.9 cm³/mol. The number of benzene rings is 1. The summed E-state index contributed by atoms with van der Waals surface area (Å²) < 4.78 is 5.04. The number of esters is 1. The van der Waals surface area contributed by atoms with E-state index in [4.69, 9.17) is 4.74 Å². The number of nitrogens with one attached hydrogen (secondary N) is 1. The summed E-state index contributed by atoms with van der Waals surface area (Å²) in [6.07, 6.45) is 0.954. The van der Waals surface area contributed by atoms with Crippen LogP contribution in [-0.2, 0) is 19.1 Å². The first kappa shape index (κ1) is 18.0. The normalized spacial score (nSPS) is 18.3. The molecule has 0 unspecified atom stereocenters. The second kappa shape index (κ2) is 8.47. The van der Waals surface area contributed by atoms with Crippen molar-refractivity contribution in [1.82, 2.24) is 10.2 Å². The van der Waals surface area contributed by atoms with E-state index in [0.29, 0.717) is 13.1 Å². The average molecular weight is 332 g/mol. The number of ether oxygens (including phenoxy) is 1. The molecule has 0 aliphatic carbocycles. The summed E-state index contributed by atoms with van der Waals surface area (Å²) in [5, 5.41) is 2.64. The van der Waals surface area contributed by atoms with Crippen LogP contribution in [0.25, 0.3) is 0 Å². The number of rotatable bonds is 7. The molecule has 6 nitrogen and oxygen atoms in total. The number of likely N-dealkylation sites (tertiary alicyclic amines) is 1. The van der Waals surface area contributed by atoms with Gasteiger partial charge in [0.05, 0.1) is 12.0 Å². The third-order valence-corrected chi connectivity index (χ3v) is 4.16. The van der Waals surface area contributed by atoms with Crippen LogP contribution in [0.1, 0.15) is 38.3 Å². The molecule has 0 aromatic heterocycles. The van der Waals surface area contributed by atoms with E-state index in [0.717, 1.165) is 12.0 Å². The highest BCUT2D eigenvalue weighted by Gasteiger charge is 2.38. The van der Waals surface area contributed by atoms with E-state index in [-0.39, 0.29) is 30.9 Å². The number of amides is 2. The van der Waals surface area contributed by atoms with Gasteiger partial charge in [0.2, 0.25) is 5.91 Å². The Morgan fingerprint density at radius 2 is 2.04 bits per heavy atom. The van der Waals surface area contributed by atoms with Crippen LogP contribution in [-0.4, -0.2) is 42.4 Å². The lowest BCUT2D eigenvalue weighted by atomic mass is 10.1. The molecule has 1 aliphatic heterocycles. The van der Waals surface area contributed by atoms with Gasteiger partial charge in [0.1, 0.15) is 0 Å². The fraction of sp³-hybridized carbons (Fsp3) is 0.500. The Bertz CT molecular complexity index is 588. The monoisotopic (exact) mass is 332 g/mol. The Kier molecular flexibility index (Phi) is 6.35. The SMILES string of the molecule is CCCNC(=O)COC(=O)[C@@H]1CC(=O)N([C@@H](C)c2ccccc2)C1. The van der Waals surface area contributed by atoms with E-state index >= 15 is 0 Å². The van der Waals surface area contributed by atoms with Crippen molar-refractivity contribution < 1.29 is 19.1 Å². The van der Waals surface area contributed by atoms with Gasteiger partial charge in [-0.15, -0.1) is 0 Å². The zero-order valence-electron chi connectivity index (χ0n) is 14.2. The zero-order chi connectivity index (χ0) is 17.5. The summed E-state index contributed by atoms with van der Waals surface area (Å²) in [6, 6.07) is 9.60. The molecule has 1 heterocycles. The summed E-state index contributed by atoms with van der Waals surface area (Å²) in [5.41, 5.74) is 1.03. The smallest absolute Gasteiger partial charge is 0.311 e. The van der Waals surface area contributed by atoms with Crippen LogP contribution in [0.3, 0.4) is 0 Å². The van der Waals surface area contributed by atoms with Gasteiger partial charge < -0.3 is 15.0 Å². The molecule has 1 N–H and O–H groups in total. The second-order valence-electron chi connectivity index (χ2n) is 5.99. The molecule has 0 saturated carbocycles. The Morgan fingerprint density at radius 3 is 2.71 bits per heavy atom. The molecule has 6 heteroatoms. The zero-order valence-corrected chi connectivity index (χ0v) is 14.2. The quantitative estimate of drug-likeness (QED) is 0.771. The van der Waals surface area contributed by atoms with Crippen LogP contribution < -0.4 is 5.32 Å². The van der Waals surface area contributed by atoms with Crippen LogP contribution >= 0.6 is 0 Å². The van der Waals surface area contributed by atoms with Crippen LogP contribution in [0.15, 0.2) is 30.3 Å². The fourth-order valence-electron chi connectivity index (χ4n) is 2.75. The number of hydrogen-bond donors (Lipinski definition) is 1. The molecule has 1 aromatic carbocycles. The predicted octanol–water partition coefficient (Wildman–Crippen LogP) is 1.67. The summed E-state index contributed by atoms with van der Waals surface area (Å²) >= 11 is 0. The lowest BCUT2D eigenvalue weighted by Crippen LogP contribution is -2.32. The number of hydrogen-bond acceptors (Lipinski definition) is 4. The second-order valence-corrected chi connectivity index (χ2v) is 5.99. The molecule has 0 bridgehead atoms. The average Bonchev–Trinajstić information content (AvgIpc) is 2.99. The molecule has 130 valence electrons. The highest BCUT2D eigenvalue weighted by atomic mass is 16.5. The van der Waals surface area contributed by atoms with Crippen LogP contribution in [0.4, 0.5) is 0 Å². The number of carbonyl (C=O) groups excluding carboxylic acids is 3. The maximum Gasteiger partial charge on any atom is 0.311 e. The lowest BCUT2D eigenvalue weighted by molar-refractivity contribution is -0.152. The third kappa shape index (κ3) is 4.57. The highest BCUT2D eigenvalue weighted by Crippen LogP contribution is 2.28. The first-order valence-corrected chi connectivity index (χ1v) is 8.30. The molecule has 2 atom stereocenters. The van der Waals surface area contributed by atoms with Crippen molar-refractivity contribution in [2.24, 2.45) is 5.92 Å². The first-order valence-electron chi connectivity index (χ1n) is 8.30. The van der Waals surface area contributed by atoms with E-state index < -0.39 is 11.9 Å². The van der Waals surface area contributed by atoms with Crippen molar-refractivity contribution in [3.63, 3.8) is 0 Å². The van der Waals surface area contributed by atoms with Gasteiger partial charge in [0.15, 0.2) is 6.61 Å². The van der Waals surface area contributed by atoms with Crippen molar-refractivity contribution in [3.05, 3.63) is 35.9 Å². The minimum Gasteiger partial charge on any atom is -0.455 e. The third-order valence-electron chi connectivity index (χ3n) is 4.16. The molecule has 2 rings (SSSR count). The van der Waals surface area contributed by atoms with Crippen LogP contribution in [0.2, 0.25) is 0 Å². The molecule has 1 fully saturated rings. The summed E-state index contributed by atoms with van der Waals surface area (Å²) in [5.74, 6) is -1.38. The largest absolute Gasteiger partial charge is 0.455 e. The summed E-state index contributed by atoms with van der Waals surface area (Å²) in [4.78, 5) is 37.5. The number of nitrogens with zero attached hydrogens (tertiary/aromatic N) is 1. The van der Waals surface area contributed by atoms with Gasteiger partial charge in [-0.25, -0.2) is 0 Å². The lowest BCUT2D eigenvalue weighted by Gasteiger charge is -2.25. The Labute approximate surface area is 142 Å². The maximum atomic E-state index is 12.2. The molecule has 1 saturated heterocycles. The Hall–Kier alpha value is -2.37. The van der Waals surface area contributed by atoms with Gasteiger partial charge in [-0.2, -0.15) is 0 Å². The number of carbonyl (C=O) groups is 3. The molecule has 24 heavy (non-hydrogen) atoms. The van der Waals surface area contributed by atoms with E-state index in [1.807, 2.05) is 44.2 Å². The molecular formula is C18H24N2O4. The van der Waals surface area contributed by atoms with Gasteiger partial charge in [-0.3, -0.25) is 14.4 Å². The van der Waals surface area contributed by atoms with Crippen molar-refractivity contribution in [2.75, 3.05) is 19.7 Å². The molecule has 0 radical (unpaired) electrons. The molecule has 0 spiro atoms. The van der Waals surface area contributed by atoms with E-state index in [2.05, 4.69) is 5.32 Å². The highest BCUT2D eigenvalue weighted by molar-refractivity contribution is 5.88. The van der Waals surface area contributed by atoms with Gasteiger partial charge in [0.25, 0.3) is 5.91 Å². The van der Waals surface area contributed by atoms with Crippen molar-refractivity contribution in [3.8, 4) is 0 Å².